The first kappa shape index (κ1) is 28.2. The number of rotatable bonds is 10. The van der Waals surface area contributed by atoms with Gasteiger partial charge in [-0.3, -0.25) is 0 Å². The van der Waals surface area contributed by atoms with Gasteiger partial charge in [0.05, 0.1) is 11.5 Å². The Morgan fingerprint density at radius 2 is 1.94 bits per heavy atom. The van der Waals surface area contributed by atoms with Gasteiger partial charge in [0.15, 0.2) is 0 Å². The highest BCUT2D eigenvalue weighted by atomic mass is 16.5. The van der Waals surface area contributed by atoms with Crippen LogP contribution < -0.4 is 15.3 Å². The molecular weight excluding hydrogens is 429 g/mol. The Balaban J connectivity index is 0.000000945. The number of carbonyl (C=O) groups is 1. The van der Waals surface area contributed by atoms with Crippen LogP contribution in [0, 0.1) is 5.92 Å². The lowest BCUT2D eigenvalue weighted by atomic mass is 9.72. The minimum atomic E-state index is -1.11. The van der Waals surface area contributed by atoms with Crippen LogP contribution in [-0.4, -0.2) is 66.3 Å². The maximum Gasteiger partial charge on any atom is 0.546 e. The summed E-state index contributed by atoms with van der Waals surface area (Å²) in [5, 5.41) is 26.5. The fourth-order valence-electron chi connectivity index (χ4n) is 4.31. The highest BCUT2D eigenvalue weighted by Gasteiger charge is 2.37. The molecule has 8 heteroatoms. The van der Waals surface area contributed by atoms with E-state index in [4.69, 9.17) is 4.65 Å². The number of nitrogens with zero attached hydrogens (tertiary/aromatic N) is 1. The number of benzene rings is 1. The molecule has 190 valence electrons. The van der Waals surface area contributed by atoms with Crippen LogP contribution in [0.1, 0.15) is 75.7 Å². The molecule has 1 aromatic rings. The molecule has 1 fully saturated rings. The third-order valence-corrected chi connectivity index (χ3v) is 6.46. The molecule has 0 spiro atoms. The van der Waals surface area contributed by atoms with Gasteiger partial charge in [-0.1, -0.05) is 59.2 Å². The number of hydrogen-bond acceptors (Lipinski definition) is 6. The molecule has 0 aliphatic carbocycles. The van der Waals surface area contributed by atoms with E-state index < -0.39 is 13.1 Å². The van der Waals surface area contributed by atoms with Gasteiger partial charge in [0.25, 0.3) is 0 Å². The van der Waals surface area contributed by atoms with E-state index in [9.17, 15) is 14.9 Å². The van der Waals surface area contributed by atoms with E-state index in [0.717, 1.165) is 56.7 Å². The lowest BCUT2D eigenvalue weighted by Gasteiger charge is -2.34. The fraction of sp³-hybridized carbons (Fsp3) is 0.654. The molecule has 0 saturated carbocycles. The fourth-order valence-corrected chi connectivity index (χ4v) is 4.31. The number of piperidine rings is 1. The number of para-hydroxylation sites is 1. The van der Waals surface area contributed by atoms with Crippen molar-refractivity contribution in [3.05, 3.63) is 41.6 Å². The molecule has 1 unspecified atom stereocenters. The van der Waals surface area contributed by atoms with E-state index in [2.05, 4.69) is 49.8 Å². The molecule has 2 heterocycles. The van der Waals surface area contributed by atoms with Gasteiger partial charge in [-0.15, -0.1) is 0 Å². The molecule has 0 radical (unpaired) electrons. The summed E-state index contributed by atoms with van der Waals surface area (Å²) in [7, 11) is -1.11. The Morgan fingerprint density at radius 3 is 2.53 bits per heavy atom. The van der Waals surface area contributed by atoms with Crippen LogP contribution in [0.3, 0.4) is 0 Å². The van der Waals surface area contributed by atoms with Crippen LogP contribution in [0.5, 0.6) is 5.75 Å². The zero-order chi connectivity index (χ0) is 25.1. The van der Waals surface area contributed by atoms with Crippen molar-refractivity contribution in [2.45, 2.75) is 78.2 Å². The predicted molar refractivity (Wildman–Crippen MR) is 139 cm³/mol. The van der Waals surface area contributed by atoms with Crippen molar-refractivity contribution in [1.82, 2.24) is 15.5 Å². The van der Waals surface area contributed by atoms with Crippen molar-refractivity contribution in [3.8, 4) is 5.75 Å². The summed E-state index contributed by atoms with van der Waals surface area (Å²) < 4.78 is 5.55. The average molecular weight is 473 g/mol. The summed E-state index contributed by atoms with van der Waals surface area (Å²) in [6.07, 6.45) is 6.31. The minimum absolute atomic E-state index is 0.0826. The average Bonchev–Trinajstić information content (AvgIpc) is 2.80. The first-order chi connectivity index (χ1) is 16.2. The molecule has 4 N–H and O–H groups in total. The second-order valence-electron chi connectivity index (χ2n) is 9.76. The molecule has 2 aliphatic rings. The third-order valence-electron chi connectivity index (χ3n) is 6.46. The summed E-state index contributed by atoms with van der Waals surface area (Å²) in [5.74, 6) is -0.537. The van der Waals surface area contributed by atoms with E-state index in [1.54, 1.807) is 6.07 Å². The summed E-state index contributed by atoms with van der Waals surface area (Å²) in [6, 6.07) is 5.57. The molecule has 0 amide bonds. The number of carboxylic acid groups (broad SMARTS) is 1. The van der Waals surface area contributed by atoms with E-state index in [1.165, 1.54) is 18.9 Å². The molecule has 1 atom stereocenters. The molecule has 0 bridgehead atoms. The van der Waals surface area contributed by atoms with Crippen molar-refractivity contribution in [2.75, 3.05) is 26.2 Å². The first-order valence-electron chi connectivity index (χ1n) is 12.8. The quantitative estimate of drug-likeness (QED) is 0.385. The molecule has 2 aliphatic heterocycles. The zero-order valence-corrected chi connectivity index (χ0v) is 21.5. The molecular formula is C26H44BN3O4. The van der Waals surface area contributed by atoms with Crippen molar-refractivity contribution < 1.29 is 19.6 Å². The summed E-state index contributed by atoms with van der Waals surface area (Å²) >= 11 is 0. The van der Waals surface area contributed by atoms with Crippen LogP contribution in [-0.2, 0) is 6.42 Å². The standard InChI is InChI=1S/C22H34BN3O4.C4H10/c1-15(2)24-9-12-26-10-7-17(8-11-26)13-16(3)25-20-14-18-5-4-6-19(22(27)28)21(18)30-23(20)29;1-3-4-2/h4-6,15,17,20,24-25,29H,3,7-14H2,1-2H3,(H,27,28);3-4H2,1-2H3. The first-order valence-corrected chi connectivity index (χ1v) is 12.8. The van der Waals surface area contributed by atoms with Gasteiger partial charge >= 0.3 is 13.1 Å². The van der Waals surface area contributed by atoms with Gasteiger partial charge in [-0.05, 0) is 56.3 Å². The molecule has 3 rings (SSSR count). The largest absolute Gasteiger partial charge is 0.546 e. The smallest absolute Gasteiger partial charge is 0.534 e. The number of likely N-dealkylation sites (tertiary alicyclic amines) is 1. The lowest BCUT2D eigenvalue weighted by molar-refractivity contribution is 0.0694. The highest BCUT2D eigenvalue weighted by Crippen LogP contribution is 2.31. The van der Waals surface area contributed by atoms with E-state index >= 15 is 0 Å². The Bertz CT molecular complexity index is 779. The van der Waals surface area contributed by atoms with Crippen LogP contribution in [0.4, 0.5) is 0 Å². The second-order valence-corrected chi connectivity index (χ2v) is 9.76. The molecule has 34 heavy (non-hydrogen) atoms. The van der Waals surface area contributed by atoms with Gasteiger partial charge in [0, 0.05) is 24.8 Å². The number of fused-ring (bicyclic) bond motifs is 1. The normalized spacial score (nSPS) is 18.5. The number of carboxylic acids is 1. The highest BCUT2D eigenvalue weighted by molar-refractivity contribution is 6.46. The van der Waals surface area contributed by atoms with Crippen molar-refractivity contribution in [3.63, 3.8) is 0 Å². The zero-order valence-electron chi connectivity index (χ0n) is 21.5. The van der Waals surface area contributed by atoms with Gasteiger partial charge in [-0.25, -0.2) is 4.79 Å². The molecule has 1 aromatic carbocycles. The Labute approximate surface area is 206 Å². The number of nitrogens with one attached hydrogen (secondary N) is 2. The lowest BCUT2D eigenvalue weighted by Crippen LogP contribution is -2.51. The number of hydrogen-bond donors (Lipinski definition) is 4. The van der Waals surface area contributed by atoms with Crippen molar-refractivity contribution in [1.29, 1.82) is 0 Å². The van der Waals surface area contributed by atoms with Crippen molar-refractivity contribution in [2.24, 2.45) is 5.92 Å². The maximum absolute atomic E-state index is 11.4. The maximum atomic E-state index is 11.4. The Morgan fingerprint density at radius 1 is 1.26 bits per heavy atom. The molecule has 7 nitrogen and oxygen atoms in total. The van der Waals surface area contributed by atoms with Crippen LogP contribution in [0.15, 0.2) is 30.5 Å². The van der Waals surface area contributed by atoms with E-state index in [1.807, 2.05) is 6.07 Å². The number of unbranched alkanes of at least 4 members (excludes halogenated alkanes) is 1. The SMILES string of the molecule is C=C(CC1CCN(CCNC(C)C)CC1)NC1Cc2cccc(C(=O)O)c2OB1O.CCCC. The van der Waals surface area contributed by atoms with E-state index in [-0.39, 0.29) is 17.3 Å². The minimum Gasteiger partial charge on any atom is -0.534 e. The van der Waals surface area contributed by atoms with Gasteiger partial charge in [0.1, 0.15) is 5.75 Å². The van der Waals surface area contributed by atoms with Crippen LogP contribution in [0.2, 0.25) is 0 Å². The Hall–Kier alpha value is -2.03. The van der Waals surface area contributed by atoms with Gasteiger partial charge in [-0.2, -0.15) is 0 Å². The predicted octanol–water partition coefficient (Wildman–Crippen LogP) is 3.72. The van der Waals surface area contributed by atoms with E-state index in [0.29, 0.717) is 18.4 Å². The summed E-state index contributed by atoms with van der Waals surface area (Å²) in [4.78, 5) is 13.9. The van der Waals surface area contributed by atoms with Gasteiger partial charge in [0.2, 0.25) is 0 Å². The summed E-state index contributed by atoms with van der Waals surface area (Å²) in [6.45, 7) is 17.2. The topological polar surface area (TPSA) is 94.1 Å². The monoisotopic (exact) mass is 473 g/mol. The summed E-state index contributed by atoms with van der Waals surface area (Å²) in [5.41, 5.74) is 1.77. The van der Waals surface area contributed by atoms with Crippen LogP contribution >= 0.6 is 0 Å². The number of allylic oxidation sites excluding steroid dienone is 1. The second kappa shape index (κ2) is 14.4. The van der Waals surface area contributed by atoms with Crippen molar-refractivity contribution >= 4 is 13.1 Å². The molecule has 1 saturated heterocycles. The van der Waals surface area contributed by atoms with Gasteiger partial charge < -0.3 is 30.3 Å². The number of aromatic carboxylic acids is 1. The Kier molecular flexibility index (Phi) is 11.9. The third kappa shape index (κ3) is 8.97. The molecule has 0 aromatic heterocycles. The van der Waals surface area contributed by atoms with Crippen LogP contribution in [0.25, 0.3) is 0 Å².